The minimum atomic E-state index is -4.80. The van der Waals surface area contributed by atoms with Crippen LogP contribution < -0.4 is 9.47 Å². The minimum Gasteiger partial charge on any atom is -0.434 e. The van der Waals surface area contributed by atoms with Crippen molar-refractivity contribution in [3.05, 3.63) is 42.5 Å². The highest BCUT2D eigenvalue weighted by Crippen LogP contribution is 2.42. The molecule has 138 valence electrons. The number of benzene rings is 2. The lowest BCUT2D eigenvalue weighted by atomic mass is 10.1. The van der Waals surface area contributed by atoms with Crippen LogP contribution in [0.1, 0.15) is 0 Å². The van der Waals surface area contributed by atoms with Crippen molar-refractivity contribution >= 4 is 18.2 Å². The van der Waals surface area contributed by atoms with E-state index in [1.165, 1.54) is 12.1 Å². The molecule has 0 fully saturated rings. The Bertz CT molecular complexity index is 830. The smallest absolute Gasteiger partial charge is 0.434 e. The first-order valence-corrected chi connectivity index (χ1v) is 7.87. The molecule has 0 unspecified atom stereocenters. The van der Waals surface area contributed by atoms with E-state index in [-0.39, 0.29) is 18.7 Å². The van der Waals surface area contributed by atoms with Crippen molar-refractivity contribution in [3.8, 4) is 22.6 Å². The molecule has 0 radical (unpaired) electrons. The van der Waals surface area contributed by atoms with Gasteiger partial charge in [0.15, 0.2) is 0 Å². The molecule has 0 amide bonds. The summed E-state index contributed by atoms with van der Waals surface area (Å²) in [5.74, 6) is 0.0110. The van der Waals surface area contributed by atoms with E-state index >= 15 is 0 Å². The SMILES string of the molecule is FC(F)(F)C=[N+]1COc2cccc(-c3ccc(OC(F)(F)F)cc3)c2S1. The quantitative estimate of drug-likeness (QED) is 0.394. The summed E-state index contributed by atoms with van der Waals surface area (Å²) in [5.41, 5.74) is 1.05. The van der Waals surface area contributed by atoms with Crippen molar-refractivity contribution in [1.82, 2.24) is 0 Å². The van der Waals surface area contributed by atoms with Crippen LogP contribution in [0.3, 0.4) is 0 Å². The van der Waals surface area contributed by atoms with Gasteiger partial charge >= 0.3 is 12.5 Å². The van der Waals surface area contributed by atoms with Crippen molar-refractivity contribution in [2.24, 2.45) is 0 Å². The van der Waals surface area contributed by atoms with Crippen LogP contribution in [-0.2, 0) is 0 Å². The average Bonchev–Trinajstić information content (AvgIpc) is 2.52. The number of ether oxygens (including phenoxy) is 2. The van der Waals surface area contributed by atoms with Gasteiger partial charge < -0.3 is 9.47 Å². The molecule has 0 saturated heterocycles. The zero-order chi connectivity index (χ0) is 18.9. The molecule has 2 aromatic rings. The van der Waals surface area contributed by atoms with Gasteiger partial charge in [-0.25, -0.2) is 0 Å². The number of alkyl halides is 6. The standard InChI is InChI=1S/C16H10F6NO2S/c17-15(18,19)8-23-9-24-13-3-1-2-12(14(13)26-23)10-4-6-11(7-5-10)25-16(20,21)22/h1-8H,9H2/q+1. The Morgan fingerprint density at radius 1 is 1.00 bits per heavy atom. The van der Waals surface area contributed by atoms with Gasteiger partial charge in [0.25, 0.3) is 12.9 Å². The Labute approximate surface area is 148 Å². The van der Waals surface area contributed by atoms with Gasteiger partial charge in [-0.1, -0.05) is 24.3 Å². The Kier molecular flexibility index (Phi) is 4.78. The summed E-state index contributed by atoms with van der Waals surface area (Å²) in [4.78, 5) is 0.434. The highest BCUT2D eigenvalue weighted by Gasteiger charge is 2.35. The van der Waals surface area contributed by atoms with Crippen molar-refractivity contribution < 1.29 is 39.8 Å². The molecule has 10 heteroatoms. The third-order valence-corrected chi connectivity index (χ3v) is 4.27. The molecular weight excluding hydrogens is 384 g/mol. The van der Waals surface area contributed by atoms with Gasteiger partial charge in [0.1, 0.15) is 16.4 Å². The summed E-state index contributed by atoms with van der Waals surface area (Å²) in [5, 5.41) is 0. The number of halogens is 6. The lowest BCUT2D eigenvalue weighted by molar-refractivity contribution is -0.403. The molecule has 0 bridgehead atoms. The number of hydrogen-bond acceptors (Lipinski definition) is 3. The topological polar surface area (TPSA) is 21.5 Å². The molecule has 0 atom stereocenters. The number of hydrogen-bond donors (Lipinski definition) is 0. The molecule has 0 aromatic heterocycles. The van der Waals surface area contributed by atoms with Crippen molar-refractivity contribution in [3.63, 3.8) is 0 Å². The highest BCUT2D eigenvalue weighted by molar-refractivity contribution is 7.93. The molecule has 26 heavy (non-hydrogen) atoms. The Morgan fingerprint density at radius 3 is 2.31 bits per heavy atom. The lowest BCUT2D eigenvalue weighted by Gasteiger charge is -2.17. The Balaban J connectivity index is 1.92. The van der Waals surface area contributed by atoms with E-state index in [1.807, 2.05) is 0 Å². The lowest BCUT2D eigenvalue weighted by Crippen LogP contribution is -2.24. The second-order valence-electron chi connectivity index (χ2n) is 5.16. The maximum Gasteiger partial charge on any atom is 0.573 e. The van der Waals surface area contributed by atoms with E-state index < -0.39 is 12.5 Å². The van der Waals surface area contributed by atoms with Gasteiger partial charge in [-0.15, -0.1) is 17.2 Å². The molecule has 1 aliphatic rings. The van der Waals surface area contributed by atoms with Crippen molar-refractivity contribution in [2.45, 2.75) is 17.4 Å². The van der Waals surface area contributed by atoms with E-state index in [2.05, 4.69) is 4.74 Å². The van der Waals surface area contributed by atoms with E-state index in [4.69, 9.17) is 4.74 Å². The van der Waals surface area contributed by atoms with Crippen LogP contribution in [0.25, 0.3) is 11.1 Å². The Hall–Kier alpha value is -2.36. The monoisotopic (exact) mass is 394 g/mol. The maximum absolute atomic E-state index is 12.5. The third-order valence-electron chi connectivity index (χ3n) is 3.22. The van der Waals surface area contributed by atoms with E-state index in [0.717, 1.165) is 28.1 Å². The molecule has 1 aliphatic heterocycles. The molecule has 2 aromatic carbocycles. The molecule has 0 aliphatic carbocycles. The number of rotatable bonds is 2. The fraction of sp³-hybridized carbons (Fsp3) is 0.188. The first-order valence-electron chi connectivity index (χ1n) is 7.10. The van der Waals surface area contributed by atoms with Crippen LogP contribution in [0.2, 0.25) is 0 Å². The fourth-order valence-corrected chi connectivity index (χ4v) is 3.30. The average molecular weight is 394 g/mol. The highest BCUT2D eigenvalue weighted by atomic mass is 32.2. The third kappa shape index (κ3) is 4.63. The summed E-state index contributed by atoms with van der Waals surface area (Å²) < 4.78 is 84.4. The minimum absolute atomic E-state index is 0.0949. The second kappa shape index (κ2) is 6.75. The van der Waals surface area contributed by atoms with E-state index in [0.29, 0.717) is 21.8 Å². The van der Waals surface area contributed by atoms with Gasteiger partial charge in [-0.05, 0) is 23.8 Å². The summed E-state index contributed by atoms with van der Waals surface area (Å²) in [7, 11) is 0. The van der Waals surface area contributed by atoms with E-state index in [1.54, 1.807) is 18.2 Å². The van der Waals surface area contributed by atoms with Gasteiger partial charge in [-0.2, -0.15) is 13.2 Å². The zero-order valence-electron chi connectivity index (χ0n) is 12.8. The van der Waals surface area contributed by atoms with Gasteiger partial charge in [-0.3, -0.25) is 0 Å². The summed E-state index contributed by atoms with van der Waals surface area (Å²) in [6.45, 7) is -0.279. The largest absolute Gasteiger partial charge is 0.573 e. The van der Waals surface area contributed by atoms with Crippen LogP contribution >= 0.6 is 11.9 Å². The first-order chi connectivity index (χ1) is 12.1. The second-order valence-corrected chi connectivity index (χ2v) is 6.22. The molecule has 1 heterocycles. The van der Waals surface area contributed by atoms with Gasteiger partial charge in [0, 0.05) is 5.56 Å². The Morgan fingerprint density at radius 2 is 1.69 bits per heavy atom. The van der Waals surface area contributed by atoms with Gasteiger partial charge in [0.2, 0.25) is 11.9 Å². The van der Waals surface area contributed by atoms with Crippen molar-refractivity contribution in [1.29, 1.82) is 0 Å². The predicted molar refractivity (Wildman–Crippen MR) is 82.3 cm³/mol. The molecule has 0 spiro atoms. The number of fused-ring (bicyclic) bond motifs is 1. The fourth-order valence-electron chi connectivity index (χ4n) is 2.29. The van der Waals surface area contributed by atoms with Crippen LogP contribution in [0.5, 0.6) is 11.5 Å². The maximum atomic E-state index is 12.5. The zero-order valence-corrected chi connectivity index (χ0v) is 13.6. The van der Waals surface area contributed by atoms with Gasteiger partial charge in [0.05, 0.1) is 0 Å². The van der Waals surface area contributed by atoms with Crippen LogP contribution in [0.15, 0.2) is 47.4 Å². The van der Waals surface area contributed by atoms with Crippen molar-refractivity contribution in [2.75, 3.05) is 6.73 Å². The number of nitrogens with zero attached hydrogens (tertiary/aromatic N) is 1. The van der Waals surface area contributed by atoms with Crippen LogP contribution in [0.4, 0.5) is 26.3 Å². The summed E-state index contributed by atoms with van der Waals surface area (Å²) >= 11 is 0.841. The molecule has 0 saturated carbocycles. The molecule has 3 nitrogen and oxygen atoms in total. The molecule has 3 rings (SSSR count). The van der Waals surface area contributed by atoms with Crippen LogP contribution in [0, 0.1) is 0 Å². The summed E-state index contributed by atoms with van der Waals surface area (Å²) in [6, 6.07) is 9.96. The normalized spacial score (nSPS) is 16.2. The molecular formula is C16H10F6NO2S+. The predicted octanol–water partition coefficient (Wildman–Crippen LogP) is 5.25. The van der Waals surface area contributed by atoms with Crippen LogP contribution in [-0.4, -0.2) is 29.5 Å². The van der Waals surface area contributed by atoms with E-state index in [9.17, 15) is 26.3 Å². The summed E-state index contributed by atoms with van der Waals surface area (Å²) in [6.07, 6.45) is -9.21. The molecule has 0 N–H and O–H groups in total. The first kappa shape index (κ1) is 18.4.